The maximum absolute atomic E-state index is 15.5. The maximum Gasteiger partial charge on any atom is 0.416 e. The molecule has 3 aliphatic rings. The first-order valence-corrected chi connectivity index (χ1v) is 14.0. The Hall–Kier alpha value is -4.75. The number of carbonyl (C=O) groups excluding carboxylic acids is 3. The van der Waals surface area contributed by atoms with Gasteiger partial charge in [0.2, 0.25) is 17.7 Å². The van der Waals surface area contributed by atoms with Gasteiger partial charge in [-0.2, -0.15) is 13.2 Å². The summed E-state index contributed by atoms with van der Waals surface area (Å²) in [5.41, 5.74) is 0.0374. The number of alkyl halides is 3. The maximum atomic E-state index is 15.5. The minimum absolute atomic E-state index is 0.00146. The Bertz CT molecular complexity index is 1670. The van der Waals surface area contributed by atoms with Crippen molar-refractivity contribution in [3.63, 3.8) is 0 Å². The van der Waals surface area contributed by atoms with Gasteiger partial charge in [0.15, 0.2) is 0 Å². The van der Waals surface area contributed by atoms with Gasteiger partial charge in [-0.1, -0.05) is 12.6 Å². The number of aromatic nitrogens is 3. The summed E-state index contributed by atoms with van der Waals surface area (Å²) < 4.78 is 56.5. The molecule has 2 aromatic heterocycles. The number of nitrogens with one attached hydrogen (secondary N) is 1. The quantitative estimate of drug-likeness (QED) is 0.348. The van der Waals surface area contributed by atoms with Crippen molar-refractivity contribution in [1.82, 2.24) is 19.9 Å². The molecule has 0 radical (unpaired) electrons. The highest BCUT2D eigenvalue weighted by atomic mass is 19.4. The summed E-state index contributed by atoms with van der Waals surface area (Å²) in [5.74, 6) is -2.13. The van der Waals surface area contributed by atoms with Crippen LogP contribution in [-0.4, -0.2) is 70.3 Å². The van der Waals surface area contributed by atoms with Gasteiger partial charge in [0.25, 0.3) is 0 Å². The first kappa shape index (κ1) is 29.3. The molecule has 6 rings (SSSR count). The number of aryl methyl sites for hydroxylation is 1. The van der Waals surface area contributed by atoms with Crippen LogP contribution in [0.2, 0.25) is 0 Å². The van der Waals surface area contributed by atoms with Crippen molar-refractivity contribution in [3.8, 4) is 0 Å². The van der Waals surface area contributed by atoms with Gasteiger partial charge < -0.3 is 19.7 Å². The molecule has 10 nitrogen and oxygen atoms in total. The lowest BCUT2D eigenvalue weighted by molar-refractivity contribution is -0.137. The second kappa shape index (κ2) is 10.8. The van der Waals surface area contributed by atoms with Gasteiger partial charge in [0, 0.05) is 50.9 Å². The van der Waals surface area contributed by atoms with Crippen molar-refractivity contribution < 1.29 is 31.9 Å². The number of rotatable bonds is 5. The van der Waals surface area contributed by atoms with Crippen LogP contribution in [0.3, 0.4) is 0 Å². The molecule has 0 aliphatic carbocycles. The molecule has 3 amide bonds. The van der Waals surface area contributed by atoms with Crippen LogP contribution in [0.25, 0.3) is 0 Å². The van der Waals surface area contributed by atoms with E-state index in [4.69, 9.17) is 0 Å². The number of para-hydroxylation sites is 1. The van der Waals surface area contributed by atoms with E-state index in [0.29, 0.717) is 24.6 Å². The Morgan fingerprint density at radius 3 is 2.61 bits per heavy atom. The van der Waals surface area contributed by atoms with Crippen LogP contribution >= 0.6 is 0 Å². The summed E-state index contributed by atoms with van der Waals surface area (Å²) in [6.07, 6.45) is -1.88. The zero-order chi connectivity index (χ0) is 31.5. The number of fused-ring (bicyclic) bond motifs is 2. The average molecular weight is 612 g/mol. The Balaban J connectivity index is 1.34. The summed E-state index contributed by atoms with van der Waals surface area (Å²) in [6.45, 7) is 6.02. The van der Waals surface area contributed by atoms with Gasteiger partial charge in [-0.15, -0.1) is 0 Å². The van der Waals surface area contributed by atoms with Crippen molar-refractivity contribution in [3.05, 3.63) is 77.8 Å². The molecule has 1 N–H and O–H groups in total. The summed E-state index contributed by atoms with van der Waals surface area (Å²) in [7, 11) is 1.45. The van der Waals surface area contributed by atoms with Crippen LogP contribution in [0.5, 0.6) is 0 Å². The highest BCUT2D eigenvalue weighted by Gasteiger charge is 2.49. The first-order valence-electron chi connectivity index (χ1n) is 14.0. The van der Waals surface area contributed by atoms with E-state index in [-0.39, 0.29) is 54.2 Å². The first-order chi connectivity index (χ1) is 20.8. The lowest BCUT2D eigenvalue weighted by Gasteiger charge is -2.38. The molecule has 0 saturated carbocycles. The number of imidazole rings is 1. The Morgan fingerprint density at radius 2 is 1.91 bits per heavy atom. The van der Waals surface area contributed by atoms with Gasteiger partial charge in [0.05, 0.1) is 35.1 Å². The minimum Gasteiger partial charge on any atom is -0.361 e. The lowest BCUT2D eigenvalue weighted by Crippen LogP contribution is -2.52. The average Bonchev–Trinajstić information content (AvgIpc) is 3.52. The van der Waals surface area contributed by atoms with Gasteiger partial charge in [0.1, 0.15) is 23.5 Å². The number of halogens is 4. The van der Waals surface area contributed by atoms with E-state index in [1.165, 1.54) is 37.1 Å². The molecule has 5 heterocycles. The molecule has 230 valence electrons. The summed E-state index contributed by atoms with van der Waals surface area (Å²) in [4.78, 5) is 56.8. The molecule has 1 aromatic carbocycles. The highest BCUT2D eigenvalue weighted by Crippen LogP contribution is 2.42. The Morgan fingerprint density at radius 1 is 1.16 bits per heavy atom. The van der Waals surface area contributed by atoms with Gasteiger partial charge >= 0.3 is 6.18 Å². The number of hydrogen-bond acceptors (Lipinski definition) is 6. The number of anilines is 3. The summed E-state index contributed by atoms with van der Waals surface area (Å²) >= 11 is 0. The molecule has 3 aromatic rings. The Kier molecular flexibility index (Phi) is 7.17. The van der Waals surface area contributed by atoms with E-state index in [1.807, 2.05) is 0 Å². The molecular weight excluding hydrogens is 582 g/mol. The number of likely N-dealkylation sites (tertiary alicyclic amines) is 1. The van der Waals surface area contributed by atoms with Crippen molar-refractivity contribution >= 4 is 34.9 Å². The molecule has 44 heavy (non-hydrogen) atoms. The number of nitrogens with zero attached hydrogens (tertiary/aromatic N) is 6. The monoisotopic (exact) mass is 611 g/mol. The van der Waals surface area contributed by atoms with Gasteiger partial charge in [-0.05, 0) is 37.3 Å². The second-order valence-corrected chi connectivity index (χ2v) is 11.3. The minimum atomic E-state index is -4.68. The Labute approximate surface area is 250 Å². The van der Waals surface area contributed by atoms with Crippen LogP contribution in [0.15, 0.2) is 49.2 Å². The van der Waals surface area contributed by atoms with Gasteiger partial charge in [-0.25, -0.2) is 14.4 Å². The van der Waals surface area contributed by atoms with Crippen LogP contribution < -0.4 is 14.7 Å². The number of pyridine rings is 1. The van der Waals surface area contributed by atoms with E-state index in [2.05, 4.69) is 21.5 Å². The molecule has 0 spiro atoms. The fraction of sp³-hybridized carbons (Fsp3) is 0.367. The van der Waals surface area contributed by atoms with Crippen molar-refractivity contribution in [2.75, 3.05) is 41.4 Å². The molecule has 3 aliphatic heterocycles. The normalized spacial score (nSPS) is 20.7. The third kappa shape index (κ3) is 5.07. The van der Waals surface area contributed by atoms with E-state index in [9.17, 15) is 27.6 Å². The SMILES string of the molecule is C=CC(=O)N1CC(c2nc(CN3C[C@H]4CC(=O)N(c5cc(C(F)(F)F)cc(C)n5)[C@@H]4C(=O)N(C)c4cccc(F)c43)c[nH]2)C1. The smallest absolute Gasteiger partial charge is 0.361 e. The van der Waals surface area contributed by atoms with E-state index in [1.54, 1.807) is 22.1 Å². The van der Waals surface area contributed by atoms with Crippen LogP contribution in [0.4, 0.5) is 34.8 Å². The highest BCUT2D eigenvalue weighted by molar-refractivity contribution is 6.10. The number of benzene rings is 1. The molecule has 14 heteroatoms. The van der Waals surface area contributed by atoms with E-state index < -0.39 is 41.3 Å². The number of H-pyrrole nitrogens is 1. The van der Waals surface area contributed by atoms with Gasteiger partial charge in [-0.3, -0.25) is 19.3 Å². The number of aromatic amines is 1. The standard InChI is InChI=1S/C30H29F4N7O3/c1-4-24(42)39-13-18(14-39)28-35-11-20(37-28)15-40-12-17-9-25(43)41(23-10-19(30(32,33)34)8-16(2)36-23)26(17)29(44)38(3)22-7-5-6-21(31)27(22)40/h4-8,10-11,17-18,26H,1,9,12-15H2,2-3H3,(H,35,37)/t17-,26+/m1/s1. The van der Waals surface area contributed by atoms with Crippen molar-refractivity contribution in [2.24, 2.45) is 5.92 Å². The third-order valence-corrected chi connectivity index (χ3v) is 8.38. The molecule has 2 saturated heterocycles. The molecular formula is C30H29F4N7O3. The number of hydrogen-bond donors (Lipinski definition) is 1. The van der Waals surface area contributed by atoms with Crippen LogP contribution in [0, 0.1) is 18.7 Å². The van der Waals surface area contributed by atoms with Crippen molar-refractivity contribution in [2.45, 2.75) is 38.0 Å². The summed E-state index contributed by atoms with van der Waals surface area (Å²) in [5, 5.41) is 0. The van der Waals surface area contributed by atoms with E-state index >= 15 is 4.39 Å². The van der Waals surface area contributed by atoms with Crippen molar-refractivity contribution in [1.29, 1.82) is 0 Å². The van der Waals surface area contributed by atoms with Crippen LogP contribution in [0.1, 0.15) is 35.1 Å². The third-order valence-electron chi connectivity index (χ3n) is 8.38. The topological polar surface area (TPSA) is 106 Å². The molecule has 0 bridgehead atoms. The molecule has 2 atom stereocenters. The predicted molar refractivity (Wildman–Crippen MR) is 152 cm³/mol. The number of amides is 3. The zero-order valence-electron chi connectivity index (χ0n) is 23.9. The predicted octanol–water partition coefficient (Wildman–Crippen LogP) is 3.79. The largest absolute Gasteiger partial charge is 0.416 e. The van der Waals surface area contributed by atoms with E-state index in [0.717, 1.165) is 17.0 Å². The summed E-state index contributed by atoms with van der Waals surface area (Å²) in [6, 6.07) is 4.81. The lowest BCUT2D eigenvalue weighted by atomic mass is 9.95. The zero-order valence-corrected chi connectivity index (χ0v) is 23.9. The molecule has 2 fully saturated rings. The fourth-order valence-electron chi connectivity index (χ4n) is 6.23. The molecule has 0 unspecified atom stereocenters. The van der Waals surface area contributed by atoms with Crippen LogP contribution in [-0.2, 0) is 27.1 Å². The second-order valence-electron chi connectivity index (χ2n) is 11.3. The number of likely N-dealkylation sites (N-methyl/N-ethyl adjacent to an activating group) is 1. The number of carbonyl (C=O) groups is 3. The fourth-order valence-corrected chi connectivity index (χ4v) is 6.23.